The molecule has 4 N–H and O–H groups in total. The van der Waals surface area contributed by atoms with Crippen LogP contribution >= 0.6 is 0 Å². The second-order valence-electron chi connectivity index (χ2n) is 12.0. The monoisotopic (exact) mass is 670 g/mol. The minimum absolute atomic E-state index is 0.115. The van der Waals surface area contributed by atoms with Gasteiger partial charge in [0.2, 0.25) is 5.91 Å². The number of benzene rings is 4. The number of aromatic amines is 1. The average Bonchev–Trinajstić information content (AvgIpc) is 3.55. The van der Waals surface area contributed by atoms with Gasteiger partial charge in [0, 0.05) is 34.7 Å². The normalized spacial score (nSPS) is 17.1. The van der Waals surface area contributed by atoms with E-state index in [-0.39, 0.29) is 12.1 Å². The van der Waals surface area contributed by atoms with Crippen molar-refractivity contribution in [2.75, 3.05) is 25.6 Å². The van der Waals surface area contributed by atoms with Crippen LogP contribution in [-0.4, -0.2) is 49.4 Å². The molecule has 0 unspecified atom stereocenters. The number of ether oxygens (including phenoxy) is 2. The summed E-state index contributed by atoms with van der Waals surface area (Å²) in [6.45, 7) is 0.895. The summed E-state index contributed by atoms with van der Waals surface area (Å²) in [5.74, 6) is -0.887. The topological polar surface area (TPSA) is 104 Å². The molecule has 1 aliphatic rings. The Hall–Kier alpha value is -5.13. The Morgan fingerprint density at radius 2 is 1.59 bits per heavy atom. The molecule has 5 aromatic rings. The molecule has 4 aromatic carbocycles. The molecule has 0 saturated carbocycles. The van der Waals surface area contributed by atoms with E-state index >= 15 is 0 Å². The Kier molecular flexibility index (Phi) is 10.3. The molecule has 2 heterocycles. The molecule has 3 atom stereocenters. The first kappa shape index (κ1) is 33.8. The molecule has 1 saturated heterocycles. The SMILES string of the molecule is COC(=O)N[C@H](C(=O)Nc1ccccc1CC[C@@H]1CN[C@H](c2cc3cc(C(F)(F)F)ccc3[nH]2)CO1)C(c1ccccc1)c1ccccc1. The van der Waals surface area contributed by atoms with Gasteiger partial charge in [-0.1, -0.05) is 78.9 Å². The summed E-state index contributed by atoms with van der Waals surface area (Å²) in [5, 5.41) is 9.78. The van der Waals surface area contributed by atoms with Crippen molar-refractivity contribution >= 4 is 28.6 Å². The van der Waals surface area contributed by atoms with Crippen LogP contribution in [0.3, 0.4) is 0 Å². The zero-order valence-electron chi connectivity index (χ0n) is 26.8. The molecule has 0 spiro atoms. The molecule has 0 radical (unpaired) electrons. The van der Waals surface area contributed by atoms with Crippen molar-refractivity contribution in [3.05, 3.63) is 137 Å². The Morgan fingerprint density at radius 1 is 0.918 bits per heavy atom. The van der Waals surface area contributed by atoms with Gasteiger partial charge in [-0.2, -0.15) is 13.2 Å². The number of rotatable bonds is 10. The van der Waals surface area contributed by atoms with Gasteiger partial charge in [-0.05, 0) is 59.9 Å². The van der Waals surface area contributed by atoms with Gasteiger partial charge in [-0.3, -0.25) is 4.79 Å². The summed E-state index contributed by atoms with van der Waals surface area (Å²) in [4.78, 5) is 29.8. The van der Waals surface area contributed by atoms with Crippen molar-refractivity contribution in [2.45, 2.75) is 43.1 Å². The second kappa shape index (κ2) is 15.0. The number of amides is 2. The van der Waals surface area contributed by atoms with Crippen molar-refractivity contribution < 1.29 is 32.2 Å². The van der Waals surface area contributed by atoms with Crippen molar-refractivity contribution in [1.29, 1.82) is 0 Å². The minimum atomic E-state index is -4.40. The van der Waals surface area contributed by atoms with Gasteiger partial charge in [0.1, 0.15) is 6.04 Å². The molecule has 2 amide bonds. The number of nitrogens with one attached hydrogen (secondary N) is 4. The summed E-state index contributed by atoms with van der Waals surface area (Å²) >= 11 is 0. The highest BCUT2D eigenvalue weighted by Gasteiger charge is 2.34. The summed E-state index contributed by atoms with van der Waals surface area (Å²) in [6, 6.07) is 30.8. The zero-order chi connectivity index (χ0) is 34.4. The molecule has 11 heteroatoms. The Morgan fingerprint density at radius 3 is 2.22 bits per heavy atom. The Labute approximate surface area is 282 Å². The number of carbonyl (C=O) groups excluding carboxylic acids is 2. The van der Waals surface area contributed by atoms with E-state index in [1.807, 2.05) is 84.9 Å². The number of morpholine rings is 1. The smallest absolute Gasteiger partial charge is 0.416 e. The summed E-state index contributed by atoms with van der Waals surface area (Å²) in [7, 11) is 1.26. The van der Waals surface area contributed by atoms with Crippen LogP contribution in [0.15, 0.2) is 109 Å². The van der Waals surface area contributed by atoms with Gasteiger partial charge in [0.25, 0.3) is 0 Å². The summed E-state index contributed by atoms with van der Waals surface area (Å²) < 4.78 is 50.6. The lowest BCUT2D eigenvalue weighted by Gasteiger charge is -2.30. The molecule has 1 aromatic heterocycles. The Bertz CT molecular complexity index is 1830. The minimum Gasteiger partial charge on any atom is -0.453 e. The number of alkyl halides is 3. The van der Waals surface area contributed by atoms with E-state index in [4.69, 9.17) is 9.47 Å². The van der Waals surface area contributed by atoms with E-state index in [1.54, 1.807) is 6.07 Å². The van der Waals surface area contributed by atoms with Crippen LogP contribution in [0.25, 0.3) is 10.9 Å². The molecule has 254 valence electrons. The first-order valence-corrected chi connectivity index (χ1v) is 16.1. The number of aromatic nitrogens is 1. The number of alkyl carbamates (subject to hydrolysis) is 1. The molecule has 0 aliphatic carbocycles. The molecule has 8 nitrogen and oxygen atoms in total. The predicted octanol–water partition coefficient (Wildman–Crippen LogP) is 7.34. The third kappa shape index (κ3) is 8.13. The number of fused-ring (bicyclic) bond motifs is 1. The molecule has 1 aliphatic heterocycles. The van der Waals surface area contributed by atoms with Gasteiger partial charge in [0.05, 0.1) is 31.4 Å². The van der Waals surface area contributed by atoms with E-state index in [9.17, 15) is 22.8 Å². The summed E-state index contributed by atoms with van der Waals surface area (Å²) in [5.41, 5.74) is 3.97. The van der Waals surface area contributed by atoms with E-state index in [0.29, 0.717) is 42.6 Å². The van der Waals surface area contributed by atoms with Crippen LogP contribution in [0.4, 0.5) is 23.7 Å². The lowest BCUT2D eigenvalue weighted by Crippen LogP contribution is -2.48. The third-order valence-corrected chi connectivity index (χ3v) is 8.84. The van der Waals surface area contributed by atoms with E-state index < -0.39 is 35.7 Å². The molecule has 6 rings (SSSR count). The van der Waals surface area contributed by atoms with Crippen LogP contribution in [0.2, 0.25) is 0 Å². The number of halogens is 3. The largest absolute Gasteiger partial charge is 0.453 e. The van der Waals surface area contributed by atoms with Gasteiger partial charge < -0.3 is 30.4 Å². The van der Waals surface area contributed by atoms with Gasteiger partial charge in [-0.25, -0.2) is 4.79 Å². The number of para-hydroxylation sites is 1. The fourth-order valence-corrected chi connectivity index (χ4v) is 6.30. The first-order chi connectivity index (χ1) is 23.7. The lowest BCUT2D eigenvalue weighted by molar-refractivity contribution is -0.137. The molecule has 0 bridgehead atoms. The van der Waals surface area contributed by atoms with Crippen LogP contribution in [-0.2, 0) is 26.9 Å². The lowest BCUT2D eigenvalue weighted by atomic mass is 9.84. The van der Waals surface area contributed by atoms with Crippen molar-refractivity contribution in [3.63, 3.8) is 0 Å². The van der Waals surface area contributed by atoms with Crippen LogP contribution in [0, 0.1) is 0 Å². The van der Waals surface area contributed by atoms with Gasteiger partial charge in [0.15, 0.2) is 0 Å². The second-order valence-corrected chi connectivity index (χ2v) is 12.0. The van der Waals surface area contributed by atoms with Gasteiger partial charge >= 0.3 is 12.3 Å². The van der Waals surface area contributed by atoms with E-state index in [1.165, 1.54) is 13.2 Å². The first-order valence-electron chi connectivity index (χ1n) is 16.1. The van der Waals surface area contributed by atoms with Crippen molar-refractivity contribution in [3.8, 4) is 0 Å². The van der Waals surface area contributed by atoms with Crippen molar-refractivity contribution in [2.24, 2.45) is 0 Å². The fourth-order valence-electron chi connectivity index (χ4n) is 6.30. The number of hydrogen-bond donors (Lipinski definition) is 4. The molecular formula is C38H37F3N4O4. The quantitative estimate of drug-likeness (QED) is 0.125. The Balaban J connectivity index is 1.12. The number of aryl methyl sites for hydroxylation is 1. The third-order valence-electron chi connectivity index (χ3n) is 8.84. The average molecular weight is 671 g/mol. The maximum Gasteiger partial charge on any atom is 0.416 e. The number of carbonyl (C=O) groups is 2. The standard InChI is InChI=1S/C38H37F3N4O4/c1-48-37(47)45-35(34(25-11-4-2-5-12-25)26-13-6-3-7-14-26)36(46)44-30-15-9-8-10-24(30)16-18-29-22-42-33(23-49-29)32-21-27-20-28(38(39,40)41)17-19-31(27)43-32/h2-15,17,19-21,29,33-35,42-43H,16,18,22-23H2,1H3,(H,44,46)(H,45,47)/t29-,33+,35+/m1/s1. The molecule has 1 fully saturated rings. The highest BCUT2D eigenvalue weighted by atomic mass is 19.4. The zero-order valence-corrected chi connectivity index (χ0v) is 26.8. The molecule has 49 heavy (non-hydrogen) atoms. The highest BCUT2D eigenvalue weighted by molar-refractivity contribution is 5.98. The van der Waals surface area contributed by atoms with Crippen molar-refractivity contribution in [1.82, 2.24) is 15.6 Å². The maximum atomic E-state index is 14.0. The fraction of sp³-hybridized carbons (Fsp3) is 0.263. The molecular weight excluding hydrogens is 633 g/mol. The van der Waals surface area contributed by atoms with Crippen LogP contribution in [0.1, 0.15) is 46.3 Å². The highest BCUT2D eigenvalue weighted by Crippen LogP contribution is 2.33. The van der Waals surface area contributed by atoms with E-state index in [2.05, 4.69) is 20.9 Å². The van der Waals surface area contributed by atoms with E-state index in [0.717, 1.165) is 34.5 Å². The number of H-pyrrole nitrogens is 1. The number of anilines is 1. The summed E-state index contributed by atoms with van der Waals surface area (Å²) in [6.07, 6.45) is -3.97. The predicted molar refractivity (Wildman–Crippen MR) is 181 cm³/mol. The maximum absolute atomic E-state index is 14.0. The number of hydrogen-bond acceptors (Lipinski definition) is 5. The van der Waals surface area contributed by atoms with Crippen LogP contribution < -0.4 is 16.0 Å². The van der Waals surface area contributed by atoms with Crippen LogP contribution in [0.5, 0.6) is 0 Å². The number of methoxy groups -OCH3 is 1. The van der Waals surface area contributed by atoms with Gasteiger partial charge in [-0.15, -0.1) is 0 Å².